The van der Waals surface area contributed by atoms with Crippen molar-refractivity contribution in [3.63, 3.8) is 0 Å². The van der Waals surface area contributed by atoms with Crippen LogP contribution >= 0.6 is 15.9 Å². The predicted octanol–water partition coefficient (Wildman–Crippen LogP) is 5.02. The van der Waals surface area contributed by atoms with Crippen LogP contribution in [0.5, 0.6) is 0 Å². The molecule has 1 heterocycles. The molecule has 126 valence electrons. The summed E-state index contributed by atoms with van der Waals surface area (Å²) >= 11 is 3.39. The predicted molar refractivity (Wildman–Crippen MR) is 105 cm³/mol. The van der Waals surface area contributed by atoms with E-state index in [-0.39, 0.29) is 5.91 Å². The highest BCUT2D eigenvalue weighted by Gasteiger charge is 2.08. The van der Waals surface area contributed by atoms with Gasteiger partial charge in [-0.05, 0) is 42.8 Å². The van der Waals surface area contributed by atoms with E-state index in [4.69, 9.17) is 0 Å². The van der Waals surface area contributed by atoms with E-state index in [9.17, 15) is 4.79 Å². The van der Waals surface area contributed by atoms with Crippen LogP contribution in [0.15, 0.2) is 71.3 Å². The molecule has 0 saturated heterocycles. The first-order valence-electron chi connectivity index (χ1n) is 7.92. The smallest absolute Gasteiger partial charge is 0.274 e. The first kappa shape index (κ1) is 17.2. The number of nitrogens with one attached hydrogen (secondary N) is 2. The van der Waals surface area contributed by atoms with E-state index in [1.807, 2.05) is 30.3 Å². The SMILES string of the molecule is Cc1ccc(CNc2ccnc(C(=O)Nc3cccc(Br)c3)c2)cc1. The normalized spacial score (nSPS) is 10.3. The fourth-order valence-electron chi connectivity index (χ4n) is 2.34. The monoisotopic (exact) mass is 395 g/mol. The van der Waals surface area contributed by atoms with Gasteiger partial charge in [-0.3, -0.25) is 9.78 Å². The Morgan fingerprint density at radius 1 is 1.04 bits per heavy atom. The van der Waals surface area contributed by atoms with Crippen LogP contribution in [-0.4, -0.2) is 10.9 Å². The van der Waals surface area contributed by atoms with Crippen molar-refractivity contribution in [2.24, 2.45) is 0 Å². The molecule has 3 aromatic rings. The highest BCUT2D eigenvalue weighted by molar-refractivity contribution is 9.10. The van der Waals surface area contributed by atoms with Gasteiger partial charge < -0.3 is 10.6 Å². The number of anilines is 2. The van der Waals surface area contributed by atoms with Crippen molar-refractivity contribution in [2.75, 3.05) is 10.6 Å². The third-order valence-corrected chi connectivity index (χ3v) is 4.19. The molecule has 1 amide bonds. The molecule has 0 fully saturated rings. The molecular formula is C20H18BrN3O. The largest absolute Gasteiger partial charge is 0.381 e. The number of hydrogen-bond donors (Lipinski definition) is 2. The van der Waals surface area contributed by atoms with Crippen LogP contribution < -0.4 is 10.6 Å². The lowest BCUT2D eigenvalue weighted by Gasteiger charge is -2.09. The zero-order valence-corrected chi connectivity index (χ0v) is 15.4. The van der Waals surface area contributed by atoms with Crippen LogP contribution in [0, 0.1) is 6.92 Å². The number of pyridine rings is 1. The van der Waals surface area contributed by atoms with Crippen molar-refractivity contribution in [3.05, 3.63) is 88.2 Å². The maximum absolute atomic E-state index is 12.4. The number of benzene rings is 2. The third-order valence-electron chi connectivity index (χ3n) is 3.69. The van der Waals surface area contributed by atoms with Crippen molar-refractivity contribution in [3.8, 4) is 0 Å². The van der Waals surface area contributed by atoms with Gasteiger partial charge in [0.2, 0.25) is 0 Å². The molecule has 3 rings (SSSR count). The fraction of sp³-hybridized carbons (Fsp3) is 0.100. The highest BCUT2D eigenvalue weighted by atomic mass is 79.9. The average molecular weight is 396 g/mol. The number of nitrogens with zero attached hydrogens (tertiary/aromatic N) is 1. The van der Waals surface area contributed by atoms with E-state index in [0.29, 0.717) is 12.2 Å². The summed E-state index contributed by atoms with van der Waals surface area (Å²) in [5.74, 6) is -0.239. The Morgan fingerprint density at radius 3 is 2.60 bits per heavy atom. The molecule has 0 atom stereocenters. The average Bonchev–Trinajstić information content (AvgIpc) is 2.61. The van der Waals surface area contributed by atoms with Crippen LogP contribution in [0.4, 0.5) is 11.4 Å². The summed E-state index contributed by atoms with van der Waals surface area (Å²) in [5, 5.41) is 6.17. The van der Waals surface area contributed by atoms with Gasteiger partial charge in [0.1, 0.15) is 5.69 Å². The summed E-state index contributed by atoms with van der Waals surface area (Å²) in [6.07, 6.45) is 1.63. The Bertz CT molecular complexity index is 878. The number of aryl methyl sites for hydroxylation is 1. The van der Waals surface area contributed by atoms with E-state index in [1.165, 1.54) is 11.1 Å². The number of carbonyl (C=O) groups excluding carboxylic acids is 1. The first-order chi connectivity index (χ1) is 12.1. The molecule has 0 radical (unpaired) electrons. The quantitative estimate of drug-likeness (QED) is 0.637. The van der Waals surface area contributed by atoms with E-state index < -0.39 is 0 Å². The maximum Gasteiger partial charge on any atom is 0.274 e. The molecule has 1 aromatic heterocycles. The maximum atomic E-state index is 12.4. The number of amides is 1. The van der Waals surface area contributed by atoms with E-state index in [1.54, 1.807) is 12.3 Å². The molecule has 0 spiro atoms. The molecule has 0 unspecified atom stereocenters. The Balaban J connectivity index is 1.66. The minimum atomic E-state index is -0.239. The van der Waals surface area contributed by atoms with Crippen LogP contribution in [0.25, 0.3) is 0 Å². The van der Waals surface area contributed by atoms with Crippen LogP contribution in [0.3, 0.4) is 0 Å². The van der Waals surface area contributed by atoms with Gasteiger partial charge >= 0.3 is 0 Å². The lowest BCUT2D eigenvalue weighted by atomic mass is 10.1. The summed E-state index contributed by atoms with van der Waals surface area (Å²) in [6, 6.07) is 19.4. The number of halogens is 1. The van der Waals surface area contributed by atoms with E-state index in [0.717, 1.165) is 15.8 Å². The van der Waals surface area contributed by atoms with Gasteiger partial charge in [0, 0.05) is 28.6 Å². The Kier molecular flexibility index (Phi) is 5.46. The lowest BCUT2D eigenvalue weighted by Crippen LogP contribution is -2.14. The molecule has 2 aromatic carbocycles. The van der Waals surface area contributed by atoms with Gasteiger partial charge in [-0.15, -0.1) is 0 Å². The number of rotatable bonds is 5. The second-order valence-corrected chi connectivity index (χ2v) is 6.65. The second-order valence-electron chi connectivity index (χ2n) is 5.73. The topological polar surface area (TPSA) is 54.0 Å². The summed E-state index contributed by atoms with van der Waals surface area (Å²) in [5.41, 5.74) is 4.37. The minimum absolute atomic E-state index is 0.239. The molecule has 2 N–H and O–H groups in total. The molecule has 0 aliphatic carbocycles. The zero-order valence-electron chi connectivity index (χ0n) is 13.8. The zero-order chi connectivity index (χ0) is 17.6. The van der Waals surface area contributed by atoms with Crippen molar-refractivity contribution in [1.82, 2.24) is 4.98 Å². The van der Waals surface area contributed by atoms with Gasteiger partial charge in [-0.1, -0.05) is 51.8 Å². The molecule has 4 nitrogen and oxygen atoms in total. The third kappa shape index (κ3) is 4.90. The number of aromatic nitrogens is 1. The van der Waals surface area contributed by atoms with Gasteiger partial charge in [0.05, 0.1) is 0 Å². The summed E-state index contributed by atoms with van der Waals surface area (Å²) in [4.78, 5) is 16.5. The minimum Gasteiger partial charge on any atom is -0.381 e. The Labute approximate surface area is 155 Å². The molecule has 5 heteroatoms. The summed E-state index contributed by atoms with van der Waals surface area (Å²) in [7, 11) is 0. The van der Waals surface area contributed by atoms with Gasteiger partial charge in [0.15, 0.2) is 0 Å². The Hall–Kier alpha value is -2.66. The number of hydrogen-bond acceptors (Lipinski definition) is 3. The molecule has 0 saturated carbocycles. The van der Waals surface area contributed by atoms with Gasteiger partial charge in [-0.2, -0.15) is 0 Å². The molecule has 0 aliphatic rings. The second kappa shape index (κ2) is 7.94. The van der Waals surface area contributed by atoms with Crippen LogP contribution in [0.2, 0.25) is 0 Å². The first-order valence-corrected chi connectivity index (χ1v) is 8.72. The number of carbonyl (C=O) groups is 1. The Morgan fingerprint density at radius 2 is 1.84 bits per heavy atom. The van der Waals surface area contributed by atoms with Crippen molar-refractivity contribution in [2.45, 2.75) is 13.5 Å². The van der Waals surface area contributed by atoms with Gasteiger partial charge in [-0.25, -0.2) is 0 Å². The van der Waals surface area contributed by atoms with Crippen molar-refractivity contribution in [1.29, 1.82) is 0 Å². The highest BCUT2D eigenvalue weighted by Crippen LogP contribution is 2.17. The standard InChI is InChI=1S/C20H18BrN3O/c1-14-5-7-15(8-6-14)13-23-17-9-10-22-19(12-17)20(25)24-18-4-2-3-16(21)11-18/h2-12H,13H2,1H3,(H,22,23)(H,24,25). The molecule has 25 heavy (non-hydrogen) atoms. The van der Waals surface area contributed by atoms with Crippen LogP contribution in [0.1, 0.15) is 21.6 Å². The van der Waals surface area contributed by atoms with Crippen molar-refractivity contribution < 1.29 is 4.79 Å². The summed E-state index contributed by atoms with van der Waals surface area (Å²) < 4.78 is 0.909. The van der Waals surface area contributed by atoms with E-state index in [2.05, 4.69) is 62.7 Å². The van der Waals surface area contributed by atoms with Crippen LogP contribution in [-0.2, 0) is 6.54 Å². The van der Waals surface area contributed by atoms with E-state index >= 15 is 0 Å². The lowest BCUT2D eigenvalue weighted by molar-refractivity contribution is 0.102. The molecule has 0 aliphatic heterocycles. The summed E-state index contributed by atoms with van der Waals surface area (Å²) in [6.45, 7) is 2.76. The fourth-order valence-corrected chi connectivity index (χ4v) is 2.74. The molecular weight excluding hydrogens is 378 g/mol. The van der Waals surface area contributed by atoms with Crippen molar-refractivity contribution >= 4 is 33.2 Å². The molecule has 0 bridgehead atoms. The van der Waals surface area contributed by atoms with Gasteiger partial charge in [0.25, 0.3) is 5.91 Å².